The minimum Gasteiger partial charge on any atom is -0.497 e. The number of likely N-dealkylation sites (tertiary alicyclic amines) is 1. The molecule has 1 aliphatic rings. The van der Waals surface area contributed by atoms with Crippen molar-refractivity contribution in [1.82, 2.24) is 9.88 Å². The number of hydrogen-bond acceptors (Lipinski definition) is 4. The molecule has 2 aromatic carbocycles. The highest BCUT2D eigenvalue weighted by molar-refractivity contribution is 7.80. The summed E-state index contributed by atoms with van der Waals surface area (Å²) >= 11 is 5.76. The van der Waals surface area contributed by atoms with E-state index in [2.05, 4.69) is 15.2 Å². The quantitative estimate of drug-likeness (QED) is 0.555. The van der Waals surface area contributed by atoms with Crippen LogP contribution in [0.3, 0.4) is 0 Å². The van der Waals surface area contributed by atoms with E-state index in [1.807, 2.05) is 48.5 Å². The van der Waals surface area contributed by atoms with Gasteiger partial charge in [0.25, 0.3) is 0 Å². The molecule has 166 valence electrons. The summed E-state index contributed by atoms with van der Waals surface area (Å²) in [4.78, 5) is 6.74. The standard InChI is InChI=1S/C25H26FN3O2S/c1-17-7-8-18(14-20(17)26)25(23-6-4-5-12-27-23)11-13-29(16-25)24(32)28-21-15-19(30-2)9-10-22(21)31-3/h4-10,12,14-15H,11,13,16H2,1-3H3,(H,28,32)/t25-/m0/s1. The number of aromatic nitrogens is 1. The monoisotopic (exact) mass is 451 g/mol. The van der Waals surface area contributed by atoms with Gasteiger partial charge in [0.2, 0.25) is 0 Å². The van der Waals surface area contributed by atoms with Crippen LogP contribution in [0.4, 0.5) is 10.1 Å². The van der Waals surface area contributed by atoms with Gasteiger partial charge in [-0.05, 0) is 67.0 Å². The molecule has 1 fully saturated rings. The van der Waals surface area contributed by atoms with E-state index in [0.29, 0.717) is 35.3 Å². The van der Waals surface area contributed by atoms with Crippen molar-refractivity contribution >= 4 is 23.0 Å². The number of halogens is 1. The van der Waals surface area contributed by atoms with E-state index in [4.69, 9.17) is 21.7 Å². The average Bonchev–Trinajstić information content (AvgIpc) is 3.28. The summed E-state index contributed by atoms with van der Waals surface area (Å²) in [5.74, 6) is 1.16. The summed E-state index contributed by atoms with van der Waals surface area (Å²) < 4.78 is 25.3. The molecule has 1 aromatic heterocycles. The lowest BCUT2D eigenvalue weighted by atomic mass is 9.76. The normalized spacial score (nSPS) is 17.8. The largest absolute Gasteiger partial charge is 0.497 e. The first-order chi connectivity index (χ1) is 15.5. The number of anilines is 1. The maximum atomic E-state index is 14.5. The minimum atomic E-state index is -0.458. The van der Waals surface area contributed by atoms with E-state index < -0.39 is 5.41 Å². The molecule has 0 amide bonds. The van der Waals surface area contributed by atoms with Gasteiger partial charge < -0.3 is 19.7 Å². The summed E-state index contributed by atoms with van der Waals surface area (Å²) in [5, 5.41) is 3.87. The number of methoxy groups -OCH3 is 2. The molecule has 32 heavy (non-hydrogen) atoms. The molecule has 0 radical (unpaired) electrons. The van der Waals surface area contributed by atoms with Crippen LogP contribution in [-0.4, -0.2) is 42.3 Å². The van der Waals surface area contributed by atoms with Crippen LogP contribution in [0.1, 0.15) is 23.2 Å². The number of nitrogens with one attached hydrogen (secondary N) is 1. The molecule has 0 spiro atoms. The molecule has 4 rings (SSSR count). The van der Waals surface area contributed by atoms with E-state index >= 15 is 0 Å². The molecule has 7 heteroatoms. The zero-order valence-corrected chi connectivity index (χ0v) is 19.2. The Morgan fingerprint density at radius 3 is 2.66 bits per heavy atom. The van der Waals surface area contributed by atoms with Gasteiger partial charge in [0.1, 0.15) is 17.3 Å². The Bertz CT molecular complexity index is 1130. The average molecular weight is 452 g/mol. The van der Waals surface area contributed by atoms with E-state index in [1.165, 1.54) is 0 Å². The molecule has 0 unspecified atom stereocenters. The highest BCUT2D eigenvalue weighted by Crippen LogP contribution is 2.41. The van der Waals surface area contributed by atoms with Gasteiger partial charge in [-0.25, -0.2) is 4.39 Å². The highest BCUT2D eigenvalue weighted by Gasteiger charge is 2.43. The van der Waals surface area contributed by atoms with Crippen molar-refractivity contribution in [3.8, 4) is 11.5 Å². The van der Waals surface area contributed by atoms with Crippen molar-refractivity contribution in [3.05, 3.63) is 83.4 Å². The number of thiocarbonyl (C=S) groups is 1. The van der Waals surface area contributed by atoms with E-state index in [9.17, 15) is 4.39 Å². The van der Waals surface area contributed by atoms with Gasteiger partial charge in [-0.1, -0.05) is 18.2 Å². The molecule has 1 aliphatic heterocycles. The fourth-order valence-corrected chi connectivity index (χ4v) is 4.48. The van der Waals surface area contributed by atoms with Gasteiger partial charge in [-0.2, -0.15) is 0 Å². The summed E-state index contributed by atoms with van der Waals surface area (Å²) in [6.07, 6.45) is 2.55. The van der Waals surface area contributed by atoms with Crippen molar-refractivity contribution in [3.63, 3.8) is 0 Å². The van der Waals surface area contributed by atoms with Crippen molar-refractivity contribution in [2.24, 2.45) is 0 Å². The first kappa shape index (κ1) is 22.0. The van der Waals surface area contributed by atoms with Crippen molar-refractivity contribution in [1.29, 1.82) is 0 Å². The number of nitrogens with zero attached hydrogens (tertiary/aromatic N) is 2. The molecule has 2 heterocycles. The summed E-state index contributed by atoms with van der Waals surface area (Å²) in [5.41, 5.74) is 2.71. The molecular weight excluding hydrogens is 425 g/mol. The van der Waals surface area contributed by atoms with Crippen LogP contribution in [0.5, 0.6) is 11.5 Å². The SMILES string of the molecule is COc1ccc(OC)c(NC(=S)N2CC[C@](c3ccc(C)c(F)c3)(c3ccccn3)C2)c1. The Labute approximate surface area is 193 Å². The number of pyridine rings is 1. The Morgan fingerprint density at radius 2 is 1.97 bits per heavy atom. The molecule has 0 bridgehead atoms. The first-order valence-electron chi connectivity index (χ1n) is 10.4. The summed E-state index contributed by atoms with van der Waals surface area (Å²) in [6.45, 7) is 3.07. The lowest BCUT2D eigenvalue weighted by molar-refractivity contribution is 0.404. The maximum absolute atomic E-state index is 14.5. The van der Waals surface area contributed by atoms with Crippen LogP contribution >= 0.6 is 12.2 Å². The number of aryl methyl sites for hydroxylation is 1. The number of benzene rings is 2. The maximum Gasteiger partial charge on any atom is 0.173 e. The van der Waals surface area contributed by atoms with Crippen molar-refractivity contribution in [2.45, 2.75) is 18.8 Å². The van der Waals surface area contributed by atoms with Crippen LogP contribution in [-0.2, 0) is 5.41 Å². The zero-order chi connectivity index (χ0) is 22.7. The zero-order valence-electron chi connectivity index (χ0n) is 18.4. The molecule has 5 nitrogen and oxygen atoms in total. The van der Waals surface area contributed by atoms with Crippen LogP contribution in [0.25, 0.3) is 0 Å². The summed E-state index contributed by atoms with van der Waals surface area (Å²) in [7, 11) is 3.23. The van der Waals surface area contributed by atoms with Crippen LogP contribution < -0.4 is 14.8 Å². The predicted molar refractivity (Wildman–Crippen MR) is 128 cm³/mol. The minimum absolute atomic E-state index is 0.210. The van der Waals surface area contributed by atoms with Crippen LogP contribution in [0, 0.1) is 12.7 Å². The predicted octanol–water partition coefficient (Wildman–Crippen LogP) is 4.94. The van der Waals surface area contributed by atoms with Gasteiger partial charge in [0.15, 0.2) is 5.11 Å². The van der Waals surface area contributed by atoms with Crippen LogP contribution in [0.2, 0.25) is 0 Å². The van der Waals surface area contributed by atoms with Gasteiger partial charge in [-0.15, -0.1) is 0 Å². The second-order valence-electron chi connectivity index (χ2n) is 7.93. The van der Waals surface area contributed by atoms with Gasteiger partial charge >= 0.3 is 0 Å². The Kier molecular flexibility index (Phi) is 6.28. The second kappa shape index (κ2) is 9.12. The number of hydrogen-bond donors (Lipinski definition) is 1. The van der Waals surface area contributed by atoms with Gasteiger partial charge in [0.05, 0.1) is 31.0 Å². The van der Waals surface area contributed by atoms with E-state index in [-0.39, 0.29) is 5.82 Å². The highest BCUT2D eigenvalue weighted by atomic mass is 32.1. The lowest BCUT2D eigenvalue weighted by Gasteiger charge is -2.30. The smallest absolute Gasteiger partial charge is 0.173 e. The Balaban J connectivity index is 1.65. The molecule has 0 saturated carbocycles. The number of rotatable bonds is 5. The van der Waals surface area contributed by atoms with Gasteiger partial charge in [0, 0.05) is 25.4 Å². The first-order valence-corrected chi connectivity index (χ1v) is 10.8. The topological polar surface area (TPSA) is 46.6 Å². The molecule has 1 saturated heterocycles. The second-order valence-corrected chi connectivity index (χ2v) is 8.32. The third-order valence-electron chi connectivity index (χ3n) is 6.08. The van der Waals surface area contributed by atoms with E-state index in [0.717, 1.165) is 23.4 Å². The molecular formula is C25H26FN3O2S. The fraction of sp³-hybridized carbons (Fsp3) is 0.280. The van der Waals surface area contributed by atoms with Crippen LogP contribution in [0.15, 0.2) is 60.8 Å². The Morgan fingerprint density at radius 1 is 1.12 bits per heavy atom. The third kappa shape index (κ3) is 4.12. The molecule has 0 aliphatic carbocycles. The molecule has 1 N–H and O–H groups in total. The Hall–Kier alpha value is -3.19. The number of ether oxygens (including phenoxy) is 2. The lowest BCUT2D eigenvalue weighted by Crippen LogP contribution is -2.38. The van der Waals surface area contributed by atoms with Crippen molar-refractivity contribution in [2.75, 3.05) is 32.6 Å². The summed E-state index contributed by atoms with van der Waals surface area (Å²) in [6, 6.07) is 16.8. The third-order valence-corrected chi connectivity index (χ3v) is 6.44. The van der Waals surface area contributed by atoms with E-state index in [1.54, 1.807) is 33.4 Å². The fourth-order valence-electron chi connectivity index (χ4n) is 4.22. The van der Waals surface area contributed by atoms with Crippen molar-refractivity contribution < 1.29 is 13.9 Å². The molecule has 1 atom stereocenters. The van der Waals surface area contributed by atoms with Gasteiger partial charge in [-0.3, -0.25) is 4.98 Å². The molecule has 3 aromatic rings.